The molecule has 1 aromatic carbocycles. The van der Waals surface area contributed by atoms with E-state index in [1.807, 2.05) is 0 Å². The summed E-state index contributed by atoms with van der Waals surface area (Å²) in [6, 6.07) is 4.91. The summed E-state index contributed by atoms with van der Waals surface area (Å²) in [6.07, 6.45) is 0.373. The molecule has 3 rings (SSSR count). The van der Waals surface area contributed by atoms with Crippen molar-refractivity contribution in [2.75, 3.05) is 12.4 Å². The predicted molar refractivity (Wildman–Crippen MR) is 96.9 cm³/mol. The van der Waals surface area contributed by atoms with E-state index in [4.69, 9.17) is 16.3 Å². The molecule has 136 valence electrons. The highest BCUT2D eigenvalue weighted by Gasteiger charge is 2.13. The molecule has 0 aliphatic heterocycles. The van der Waals surface area contributed by atoms with Gasteiger partial charge in [-0.1, -0.05) is 11.6 Å². The average Bonchev–Trinajstić information content (AvgIpc) is 3.03. The Morgan fingerprint density at radius 1 is 1.35 bits per heavy atom. The smallest absolute Gasteiger partial charge is 0.329 e. The van der Waals surface area contributed by atoms with E-state index in [0.29, 0.717) is 22.3 Å². The lowest BCUT2D eigenvalue weighted by Crippen LogP contribution is -2.28. The van der Waals surface area contributed by atoms with Gasteiger partial charge in [-0.3, -0.25) is 19.1 Å². The first kappa shape index (κ1) is 17.7. The van der Waals surface area contributed by atoms with Gasteiger partial charge in [0.15, 0.2) is 5.65 Å². The molecule has 3 N–H and O–H groups in total. The van der Waals surface area contributed by atoms with Crippen LogP contribution in [-0.2, 0) is 18.3 Å². The van der Waals surface area contributed by atoms with Crippen LogP contribution in [0.15, 0.2) is 27.8 Å². The lowest BCUT2D eigenvalue weighted by Gasteiger charge is -2.10. The van der Waals surface area contributed by atoms with Crippen LogP contribution in [0.3, 0.4) is 0 Å². The van der Waals surface area contributed by atoms with Crippen molar-refractivity contribution in [3.63, 3.8) is 0 Å². The van der Waals surface area contributed by atoms with E-state index in [9.17, 15) is 14.4 Å². The van der Waals surface area contributed by atoms with E-state index < -0.39 is 11.2 Å². The number of hydrogen-bond donors (Lipinski definition) is 3. The zero-order valence-corrected chi connectivity index (χ0v) is 14.8. The first-order valence-corrected chi connectivity index (χ1v) is 8.08. The quantitative estimate of drug-likeness (QED) is 0.616. The Morgan fingerprint density at radius 3 is 2.85 bits per heavy atom. The number of nitrogens with zero attached hydrogens (tertiary/aromatic N) is 2. The molecule has 9 nitrogen and oxygen atoms in total. The highest BCUT2D eigenvalue weighted by Crippen LogP contribution is 2.27. The van der Waals surface area contributed by atoms with Gasteiger partial charge < -0.3 is 15.0 Å². The Bertz CT molecular complexity index is 1100. The van der Waals surface area contributed by atoms with Crippen molar-refractivity contribution in [2.24, 2.45) is 7.05 Å². The molecule has 0 spiro atoms. The third-order valence-corrected chi connectivity index (χ3v) is 4.06. The SMILES string of the molecule is COc1ccc(Cl)cc1NC(=O)CCc1nc2c([nH]1)c(=O)[nH]c(=O)n2C. The second-order valence-electron chi connectivity index (χ2n) is 5.59. The molecule has 26 heavy (non-hydrogen) atoms. The Balaban J connectivity index is 1.74. The van der Waals surface area contributed by atoms with E-state index in [1.54, 1.807) is 18.2 Å². The molecule has 0 aliphatic carbocycles. The normalized spacial score (nSPS) is 10.9. The van der Waals surface area contributed by atoms with E-state index >= 15 is 0 Å². The number of anilines is 1. The van der Waals surface area contributed by atoms with Crippen LogP contribution in [0.4, 0.5) is 5.69 Å². The summed E-state index contributed by atoms with van der Waals surface area (Å²) < 4.78 is 6.41. The molecule has 0 saturated heterocycles. The third kappa shape index (κ3) is 3.47. The number of nitrogens with one attached hydrogen (secondary N) is 3. The molecule has 10 heteroatoms. The van der Waals surface area contributed by atoms with Crippen LogP contribution < -0.4 is 21.3 Å². The minimum atomic E-state index is -0.550. The summed E-state index contributed by atoms with van der Waals surface area (Å²) in [4.78, 5) is 44.8. The molecule has 3 aromatic rings. The fourth-order valence-corrected chi connectivity index (χ4v) is 2.67. The van der Waals surface area contributed by atoms with E-state index in [-0.39, 0.29) is 29.9 Å². The fourth-order valence-electron chi connectivity index (χ4n) is 2.49. The van der Waals surface area contributed by atoms with Crippen LogP contribution in [0, 0.1) is 0 Å². The van der Waals surface area contributed by atoms with Crippen molar-refractivity contribution in [3.05, 3.63) is 49.9 Å². The van der Waals surface area contributed by atoms with Gasteiger partial charge >= 0.3 is 5.69 Å². The number of carbonyl (C=O) groups is 1. The highest BCUT2D eigenvalue weighted by atomic mass is 35.5. The van der Waals surface area contributed by atoms with E-state index in [2.05, 4.69) is 20.3 Å². The lowest BCUT2D eigenvalue weighted by atomic mass is 10.2. The molecule has 2 heterocycles. The van der Waals surface area contributed by atoms with Crippen LogP contribution >= 0.6 is 11.6 Å². The van der Waals surface area contributed by atoms with Crippen LogP contribution in [0.5, 0.6) is 5.75 Å². The number of benzene rings is 1. The number of methoxy groups -OCH3 is 1. The number of rotatable bonds is 5. The van der Waals surface area contributed by atoms with Gasteiger partial charge in [-0.25, -0.2) is 9.78 Å². The molecule has 1 amide bonds. The van der Waals surface area contributed by atoms with Gasteiger partial charge in [0.1, 0.15) is 17.1 Å². The Kier molecular flexibility index (Phi) is 4.81. The number of aromatic nitrogens is 4. The Labute approximate surface area is 152 Å². The molecule has 0 fully saturated rings. The number of ether oxygens (including phenoxy) is 1. The van der Waals surface area contributed by atoms with Crippen LogP contribution in [0.25, 0.3) is 11.2 Å². The van der Waals surface area contributed by atoms with Gasteiger partial charge in [0.2, 0.25) is 5.91 Å². The molecule has 0 saturated carbocycles. The van der Waals surface area contributed by atoms with Crippen LogP contribution in [-0.4, -0.2) is 32.5 Å². The minimum Gasteiger partial charge on any atom is -0.495 e. The van der Waals surface area contributed by atoms with Gasteiger partial charge in [-0.2, -0.15) is 0 Å². The van der Waals surface area contributed by atoms with Crippen molar-refractivity contribution in [1.82, 2.24) is 19.5 Å². The maximum atomic E-state index is 12.2. The number of aryl methyl sites for hydroxylation is 2. The van der Waals surface area contributed by atoms with E-state index in [0.717, 1.165) is 0 Å². The van der Waals surface area contributed by atoms with Gasteiger partial charge in [0.25, 0.3) is 5.56 Å². The van der Waals surface area contributed by atoms with Gasteiger partial charge in [-0.15, -0.1) is 0 Å². The average molecular weight is 378 g/mol. The molecular formula is C16H16ClN5O4. The maximum absolute atomic E-state index is 12.2. The second kappa shape index (κ2) is 7.04. The lowest BCUT2D eigenvalue weighted by molar-refractivity contribution is -0.116. The Morgan fingerprint density at radius 2 is 2.12 bits per heavy atom. The van der Waals surface area contributed by atoms with Crippen molar-refractivity contribution in [1.29, 1.82) is 0 Å². The molecule has 0 atom stereocenters. The van der Waals surface area contributed by atoms with Crippen molar-refractivity contribution in [3.8, 4) is 5.75 Å². The number of imidazole rings is 1. The predicted octanol–water partition coefficient (Wildman–Crippen LogP) is 1.18. The van der Waals surface area contributed by atoms with Crippen molar-refractivity contribution >= 4 is 34.4 Å². The summed E-state index contributed by atoms with van der Waals surface area (Å²) in [6.45, 7) is 0. The van der Waals surface area contributed by atoms with Gasteiger partial charge in [0, 0.05) is 24.9 Å². The van der Waals surface area contributed by atoms with Gasteiger partial charge in [0.05, 0.1) is 12.8 Å². The summed E-state index contributed by atoms with van der Waals surface area (Å²) in [7, 11) is 3.00. The van der Waals surface area contributed by atoms with Gasteiger partial charge in [-0.05, 0) is 18.2 Å². The summed E-state index contributed by atoms with van der Waals surface area (Å²) >= 11 is 5.94. The Hall–Kier alpha value is -3.07. The molecular weight excluding hydrogens is 362 g/mol. The highest BCUT2D eigenvalue weighted by molar-refractivity contribution is 6.31. The number of H-pyrrole nitrogens is 2. The number of amides is 1. The third-order valence-electron chi connectivity index (χ3n) is 3.83. The maximum Gasteiger partial charge on any atom is 0.329 e. The van der Waals surface area contributed by atoms with Crippen molar-refractivity contribution < 1.29 is 9.53 Å². The van der Waals surface area contributed by atoms with Crippen molar-refractivity contribution in [2.45, 2.75) is 12.8 Å². The topological polar surface area (TPSA) is 122 Å². The number of halogens is 1. The largest absolute Gasteiger partial charge is 0.495 e. The monoisotopic (exact) mass is 377 g/mol. The first-order chi connectivity index (χ1) is 12.4. The second-order valence-corrected chi connectivity index (χ2v) is 6.03. The standard InChI is InChI=1S/C16H16ClN5O4/c1-22-14-13(15(24)21-16(22)25)19-11(20-14)5-6-12(23)18-9-7-8(17)3-4-10(9)26-2/h3-4,7H,5-6H2,1-2H3,(H,18,23)(H,19,20)(H,21,24,25). The first-order valence-electron chi connectivity index (χ1n) is 7.70. The molecule has 0 unspecified atom stereocenters. The number of hydrogen-bond acceptors (Lipinski definition) is 5. The molecule has 0 aliphatic rings. The summed E-state index contributed by atoms with van der Waals surface area (Å²) in [5, 5.41) is 3.20. The van der Waals surface area contributed by atoms with E-state index in [1.165, 1.54) is 18.7 Å². The number of aromatic amines is 2. The summed E-state index contributed by atoms with van der Waals surface area (Å²) in [5.74, 6) is 0.654. The number of carbonyl (C=O) groups excluding carboxylic acids is 1. The molecule has 0 bridgehead atoms. The van der Waals surface area contributed by atoms with Crippen LogP contribution in [0.1, 0.15) is 12.2 Å². The minimum absolute atomic E-state index is 0.112. The zero-order valence-electron chi connectivity index (χ0n) is 14.1. The summed E-state index contributed by atoms with van der Waals surface area (Å²) in [5.41, 5.74) is -0.195. The zero-order chi connectivity index (χ0) is 18.8. The molecule has 2 aromatic heterocycles. The van der Waals surface area contributed by atoms with Crippen LogP contribution in [0.2, 0.25) is 5.02 Å². The number of fused-ring (bicyclic) bond motifs is 1. The fraction of sp³-hybridized carbons (Fsp3) is 0.250. The molecule has 0 radical (unpaired) electrons.